The summed E-state index contributed by atoms with van der Waals surface area (Å²) in [5.74, 6) is -1.68. The number of carbonyl (C=O) groups excluding carboxylic acids is 1. The highest BCUT2D eigenvalue weighted by Crippen LogP contribution is 2.26. The fourth-order valence-corrected chi connectivity index (χ4v) is 2.74. The third kappa shape index (κ3) is 5.10. The van der Waals surface area contributed by atoms with E-state index in [0.29, 0.717) is 13.2 Å². The van der Waals surface area contributed by atoms with Crippen molar-refractivity contribution in [3.63, 3.8) is 0 Å². The van der Waals surface area contributed by atoms with Gasteiger partial charge in [-0.3, -0.25) is 4.79 Å². The summed E-state index contributed by atoms with van der Waals surface area (Å²) < 4.78 is 40.9. The molecular weight excluding hydrogens is 344 g/mol. The van der Waals surface area contributed by atoms with E-state index in [1.807, 2.05) is 6.92 Å². The molecular formula is C12H14Cl2FNO4S. The van der Waals surface area contributed by atoms with Gasteiger partial charge in [-0.15, -0.1) is 0 Å². The lowest BCUT2D eigenvalue weighted by molar-refractivity contribution is 0.0934. The van der Waals surface area contributed by atoms with E-state index in [0.717, 1.165) is 12.1 Å². The van der Waals surface area contributed by atoms with Crippen LogP contribution < -0.4 is 5.32 Å². The van der Waals surface area contributed by atoms with Crippen LogP contribution in [-0.4, -0.2) is 34.6 Å². The molecule has 0 spiro atoms. The van der Waals surface area contributed by atoms with Gasteiger partial charge < -0.3 is 10.1 Å². The fourth-order valence-electron chi connectivity index (χ4n) is 1.60. The van der Waals surface area contributed by atoms with Crippen LogP contribution in [0.3, 0.4) is 0 Å². The predicted molar refractivity (Wildman–Crippen MR) is 77.8 cm³/mol. The maximum atomic E-state index is 13.5. The molecule has 9 heteroatoms. The minimum Gasteiger partial charge on any atom is -0.384 e. The summed E-state index contributed by atoms with van der Waals surface area (Å²) in [5.41, 5.74) is -0.165. The largest absolute Gasteiger partial charge is 0.384 e. The minimum absolute atomic E-state index is 0.0504. The summed E-state index contributed by atoms with van der Waals surface area (Å²) in [6, 6.07) is 1.56. The number of benzene rings is 1. The molecule has 0 fully saturated rings. The van der Waals surface area contributed by atoms with Crippen LogP contribution in [0.15, 0.2) is 17.0 Å². The van der Waals surface area contributed by atoms with Gasteiger partial charge in [0.25, 0.3) is 15.0 Å². The number of ether oxygens (including phenoxy) is 1. The maximum Gasteiger partial charge on any atom is 0.264 e. The Kier molecular flexibility index (Phi) is 6.40. The molecule has 21 heavy (non-hydrogen) atoms. The summed E-state index contributed by atoms with van der Waals surface area (Å²) >= 11 is 5.76. The molecule has 1 N–H and O–H groups in total. The Hall–Kier alpha value is -0.890. The van der Waals surface area contributed by atoms with E-state index < -0.39 is 25.7 Å². The zero-order valence-corrected chi connectivity index (χ0v) is 13.6. The van der Waals surface area contributed by atoms with Gasteiger partial charge in [0.2, 0.25) is 0 Å². The van der Waals surface area contributed by atoms with Gasteiger partial charge in [-0.05, 0) is 18.1 Å². The summed E-state index contributed by atoms with van der Waals surface area (Å²) in [7, 11) is 2.33. The first kappa shape index (κ1) is 18.2. The second kappa shape index (κ2) is 7.40. The molecule has 1 unspecified atom stereocenters. The topological polar surface area (TPSA) is 72.5 Å². The Labute approximate surface area is 131 Å². The Morgan fingerprint density at radius 2 is 2.10 bits per heavy atom. The van der Waals surface area contributed by atoms with Crippen molar-refractivity contribution in [1.82, 2.24) is 5.32 Å². The van der Waals surface area contributed by atoms with Crippen LogP contribution in [0.5, 0.6) is 0 Å². The van der Waals surface area contributed by atoms with Gasteiger partial charge in [-0.1, -0.05) is 18.5 Å². The Morgan fingerprint density at radius 3 is 2.62 bits per heavy atom. The number of carbonyl (C=O) groups is 1. The number of halogens is 3. The highest BCUT2D eigenvalue weighted by Gasteiger charge is 2.22. The molecule has 5 nitrogen and oxygen atoms in total. The van der Waals surface area contributed by atoms with Crippen LogP contribution in [0.2, 0.25) is 5.02 Å². The van der Waals surface area contributed by atoms with Crippen LogP contribution >= 0.6 is 22.3 Å². The lowest BCUT2D eigenvalue weighted by Gasteiger charge is -2.12. The molecule has 0 saturated carbocycles. The van der Waals surface area contributed by atoms with Crippen molar-refractivity contribution in [3.05, 3.63) is 28.5 Å². The van der Waals surface area contributed by atoms with Gasteiger partial charge in [0.05, 0.1) is 17.2 Å². The zero-order valence-electron chi connectivity index (χ0n) is 11.3. The average molecular weight is 358 g/mol. The standard InChI is InChI=1S/C12H14Cl2FNO4S/c1-7(6-20-2)5-16-12(17)8-3-11(21(14,18)19)10(15)4-9(8)13/h3-4,7H,5-6H2,1-2H3,(H,16,17). The molecule has 0 aliphatic rings. The van der Waals surface area contributed by atoms with Gasteiger partial charge >= 0.3 is 0 Å². The summed E-state index contributed by atoms with van der Waals surface area (Å²) in [4.78, 5) is 11.2. The molecule has 0 heterocycles. The van der Waals surface area contributed by atoms with Crippen molar-refractivity contribution < 1.29 is 22.3 Å². The number of amides is 1. The highest BCUT2D eigenvalue weighted by molar-refractivity contribution is 8.13. The molecule has 0 aliphatic heterocycles. The lowest BCUT2D eigenvalue weighted by atomic mass is 10.1. The molecule has 0 saturated heterocycles. The second-order valence-electron chi connectivity index (χ2n) is 4.47. The van der Waals surface area contributed by atoms with Gasteiger partial charge in [0, 0.05) is 24.3 Å². The van der Waals surface area contributed by atoms with Crippen LogP contribution in [-0.2, 0) is 13.8 Å². The maximum absolute atomic E-state index is 13.5. The Morgan fingerprint density at radius 1 is 1.48 bits per heavy atom. The Bertz CT molecular complexity index is 636. The van der Waals surface area contributed by atoms with Crippen molar-refractivity contribution in [2.75, 3.05) is 20.3 Å². The lowest BCUT2D eigenvalue weighted by Crippen LogP contribution is -2.30. The fraction of sp³-hybridized carbons (Fsp3) is 0.417. The molecule has 1 amide bonds. The van der Waals surface area contributed by atoms with E-state index in [9.17, 15) is 17.6 Å². The van der Waals surface area contributed by atoms with Crippen LogP contribution in [0.1, 0.15) is 17.3 Å². The number of hydrogen-bond acceptors (Lipinski definition) is 4. The first-order chi connectivity index (χ1) is 9.66. The quantitative estimate of drug-likeness (QED) is 0.793. The second-order valence-corrected chi connectivity index (χ2v) is 7.41. The van der Waals surface area contributed by atoms with Gasteiger partial charge in [-0.2, -0.15) is 0 Å². The number of nitrogens with one attached hydrogen (secondary N) is 1. The van der Waals surface area contributed by atoms with Crippen molar-refractivity contribution in [2.45, 2.75) is 11.8 Å². The minimum atomic E-state index is -4.31. The predicted octanol–water partition coefficient (Wildman–Crippen LogP) is 2.42. The summed E-state index contributed by atoms with van der Waals surface area (Å²) in [5, 5.41) is 2.36. The first-order valence-corrected chi connectivity index (χ1v) is 8.56. The number of methoxy groups -OCH3 is 1. The molecule has 1 aromatic carbocycles. The summed E-state index contributed by atoms with van der Waals surface area (Å²) in [6.45, 7) is 2.59. The normalized spacial score (nSPS) is 13.0. The van der Waals surface area contributed by atoms with Crippen molar-refractivity contribution in [2.24, 2.45) is 5.92 Å². The molecule has 118 valence electrons. The van der Waals surface area contributed by atoms with Crippen molar-refractivity contribution in [3.8, 4) is 0 Å². The monoisotopic (exact) mass is 357 g/mol. The van der Waals surface area contributed by atoms with Crippen molar-refractivity contribution in [1.29, 1.82) is 0 Å². The van der Waals surface area contributed by atoms with E-state index >= 15 is 0 Å². The Balaban J connectivity index is 3.00. The smallest absolute Gasteiger partial charge is 0.264 e. The molecule has 0 radical (unpaired) electrons. The molecule has 0 aromatic heterocycles. The van der Waals surface area contributed by atoms with Gasteiger partial charge in [0.15, 0.2) is 0 Å². The van der Waals surface area contributed by atoms with E-state index in [1.165, 1.54) is 7.11 Å². The van der Waals surface area contributed by atoms with Crippen LogP contribution in [0.4, 0.5) is 4.39 Å². The first-order valence-electron chi connectivity index (χ1n) is 5.87. The number of rotatable bonds is 6. The average Bonchev–Trinajstić information content (AvgIpc) is 2.34. The van der Waals surface area contributed by atoms with E-state index in [2.05, 4.69) is 5.32 Å². The molecule has 0 bridgehead atoms. The van der Waals surface area contributed by atoms with Crippen LogP contribution in [0.25, 0.3) is 0 Å². The highest BCUT2D eigenvalue weighted by atomic mass is 35.7. The summed E-state index contributed by atoms with van der Waals surface area (Å²) in [6.07, 6.45) is 0. The third-order valence-corrected chi connectivity index (χ3v) is 4.24. The van der Waals surface area contributed by atoms with E-state index in [1.54, 1.807) is 0 Å². The van der Waals surface area contributed by atoms with Crippen LogP contribution in [0, 0.1) is 11.7 Å². The van der Waals surface area contributed by atoms with Crippen molar-refractivity contribution >= 4 is 37.2 Å². The number of hydrogen-bond donors (Lipinski definition) is 1. The molecule has 0 aliphatic carbocycles. The molecule has 1 atom stereocenters. The molecule has 1 rings (SSSR count). The van der Waals surface area contributed by atoms with E-state index in [-0.39, 0.29) is 16.5 Å². The van der Waals surface area contributed by atoms with Gasteiger partial charge in [0.1, 0.15) is 10.7 Å². The zero-order chi connectivity index (χ0) is 16.2. The van der Waals surface area contributed by atoms with Gasteiger partial charge in [-0.25, -0.2) is 12.8 Å². The SMILES string of the molecule is COCC(C)CNC(=O)c1cc(S(=O)(=O)Cl)c(F)cc1Cl. The third-order valence-electron chi connectivity index (χ3n) is 2.59. The molecule has 1 aromatic rings. The van der Waals surface area contributed by atoms with E-state index in [4.69, 9.17) is 27.0 Å².